The smallest absolute Gasteiger partial charge is 0.319 e. The molecule has 0 bridgehead atoms. The summed E-state index contributed by atoms with van der Waals surface area (Å²) >= 11 is 5.92. The molecular formula is C17H17ClN2O. The minimum atomic E-state index is -0.232. The van der Waals surface area contributed by atoms with Gasteiger partial charge in [0.15, 0.2) is 0 Å². The van der Waals surface area contributed by atoms with Gasteiger partial charge in [-0.2, -0.15) is 0 Å². The van der Waals surface area contributed by atoms with E-state index in [1.165, 1.54) is 0 Å². The first-order valence-corrected chi connectivity index (χ1v) is 7.46. The molecule has 2 aromatic carbocycles. The Labute approximate surface area is 129 Å². The number of nitrogens with one attached hydrogen (secondary N) is 2. The Kier molecular flexibility index (Phi) is 3.84. The maximum absolute atomic E-state index is 12.2. The van der Waals surface area contributed by atoms with Crippen molar-refractivity contribution < 1.29 is 4.79 Å². The van der Waals surface area contributed by atoms with Crippen LogP contribution in [0.1, 0.15) is 24.8 Å². The highest BCUT2D eigenvalue weighted by Gasteiger charge is 2.39. The second kappa shape index (κ2) is 5.78. The number of urea groups is 1. The van der Waals surface area contributed by atoms with Gasteiger partial charge in [-0.3, -0.25) is 0 Å². The van der Waals surface area contributed by atoms with Crippen LogP contribution >= 0.6 is 11.6 Å². The molecule has 2 N–H and O–H groups in total. The van der Waals surface area contributed by atoms with Gasteiger partial charge >= 0.3 is 6.03 Å². The minimum Gasteiger partial charge on any atom is -0.328 e. The third kappa shape index (κ3) is 3.03. The lowest BCUT2D eigenvalue weighted by Crippen LogP contribution is -2.52. The summed E-state index contributed by atoms with van der Waals surface area (Å²) in [7, 11) is 0. The summed E-state index contributed by atoms with van der Waals surface area (Å²) < 4.78 is 0. The summed E-state index contributed by atoms with van der Waals surface area (Å²) in [6, 6.07) is 17.1. The molecule has 108 valence electrons. The summed E-state index contributed by atoms with van der Waals surface area (Å²) in [4.78, 5) is 12.2. The summed E-state index contributed by atoms with van der Waals surface area (Å²) in [5.74, 6) is 0. The molecule has 0 aromatic heterocycles. The Bertz CT molecular complexity index is 638. The number of hydrogen-bond donors (Lipinski definition) is 2. The van der Waals surface area contributed by atoms with Gasteiger partial charge in [0.2, 0.25) is 0 Å². The number of hydrogen-bond acceptors (Lipinski definition) is 1. The van der Waals surface area contributed by atoms with Crippen molar-refractivity contribution in [3.63, 3.8) is 0 Å². The molecule has 21 heavy (non-hydrogen) atoms. The van der Waals surface area contributed by atoms with Gasteiger partial charge in [-0.1, -0.05) is 48.0 Å². The molecule has 1 aliphatic carbocycles. The van der Waals surface area contributed by atoms with Gasteiger partial charge in [0.25, 0.3) is 0 Å². The van der Waals surface area contributed by atoms with E-state index in [9.17, 15) is 4.79 Å². The van der Waals surface area contributed by atoms with Crippen LogP contribution < -0.4 is 10.6 Å². The molecule has 2 aromatic rings. The third-order valence-electron chi connectivity index (χ3n) is 3.97. The number of rotatable bonds is 3. The van der Waals surface area contributed by atoms with E-state index in [4.69, 9.17) is 11.6 Å². The number of carbonyl (C=O) groups excluding carboxylic acids is 1. The van der Waals surface area contributed by atoms with E-state index in [0.717, 1.165) is 24.8 Å². The van der Waals surface area contributed by atoms with E-state index in [0.29, 0.717) is 10.7 Å². The lowest BCUT2D eigenvalue weighted by Gasteiger charge is -2.43. The summed E-state index contributed by atoms with van der Waals surface area (Å²) in [5, 5.41) is 6.57. The zero-order valence-corrected chi connectivity index (χ0v) is 12.4. The number of carbonyl (C=O) groups is 1. The molecular weight excluding hydrogens is 284 g/mol. The average molecular weight is 301 g/mol. The van der Waals surface area contributed by atoms with Crippen LogP contribution in [0.2, 0.25) is 5.02 Å². The molecule has 0 saturated heterocycles. The first-order valence-electron chi connectivity index (χ1n) is 7.08. The van der Waals surface area contributed by atoms with E-state index in [-0.39, 0.29) is 11.6 Å². The summed E-state index contributed by atoms with van der Waals surface area (Å²) in [6.07, 6.45) is 3.08. The van der Waals surface area contributed by atoms with Crippen LogP contribution in [0.25, 0.3) is 0 Å². The highest BCUT2D eigenvalue weighted by Crippen LogP contribution is 2.41. The van der Waals surface area contributed by atoms with Crippen LogP contribution in [-0.4, -0.2) is 6.03 Å². The highest BCUT2D eigenvalue weighted by atomic mass is 35.5. The Balaban J connectivity index is 1.71. The molecule has 1 saturated carbocycles. The maximum Gasteiger partial charge on any atom is 0.319 e. The standard InChI is InChI=1S/C17H17ClN2O/c18-14-8-4-9-15(12-14)19-16(21)20-17(10-5-11-17)13-6-2-1-3-7-13/h1-4,6-9,12H,5,10-11H2,(H2,19,20,21). The zero-order chi connectivity index (χ0) is 14.7. The number of anilines is 1. The van der Waals surface area contributed by atoms with Gasteiger partial charge in [0, 0.05) is 10.7 Å². The van der Waals surface area contributed by atoms with E-state index < -0.39 is 0 Å². The van der Waals surface area contributed by atoms with Crippen molar-refractivity contribution in [3.8, 4) is 0 Å². The van der Waals surface area contributed by atoms with Gasteiger partial charge in [-0.15, -0.1) is 0 Å². The highest BCUT2D eigenvalue weighted by molar-refractivity contribution is 6.30. The molecule has 0 unspecified atom stereocenters. The van der Waals surface area contributed by atoms with E-state index in [1.54, 1.807) is 12.1 Å². The fourth-order valence-electron chi connectivity index (χ4n) is 2.72. The SMILES string of the molecule is O=C(Nc1cccc(Cl)c1)NC1(c2ccccc2)CCC1. The quantitative estimate of drug-likeness (QED) is 0.858. The van der Waals surface area contributed by atoms with E-state index >= 15 is 0 Å². The number of halogens is 1. The normalized spacial score (nSPS) is 15.9. The first-order chi connectivity index (χ1) is 10.2. The van der Waals surface area contributed by atoms with Crippen molar-refractivity contribution in [1.82, 2.24) is 5.32 Å². The van der Waals surface area contributed by atoms with Crippen LogP contribution in [0, 0.1) is 0 Å². The van der Waals surface area contributed by atoms with Crippen molar-refractivity contribution in [2.75, 3.05) is 5.32 Å². The summed E-state index contributed by atoms with van der Waals surface area (Å²) in [5.41, 5.74) is 1.63. The van der Waals surface area contributed by atoms with Gasteiger partial charge in [0.1, 0.15) is 0 Å². The Morgan fingerprint density at radius 1 is 1.05 bits per heavy atom. The molecule has 0 atom stereocenters. The number of amides is 2. The number of benzene rings is 2. The van der Waals surface area contributed by atoms with Crippen molar-refractivity contribution in [2.45, 2.75) is 24.8 Å². The van der Waals surface area contributed by atoms with Crippen molar-refractivity contribution in [2.24, 2.45) is 0 Å². The Hall–Kier alpha value is -2.00. The lowest BCUT2D eigenvalue weighted by molar-refractivity contribution is 0.185. The molecule has 0 spiro atoms. The fourth-order valence-corrected chi connectivity index (χ4v) is 2.91. The van der Waals surface area contributed by atoms with E-state index in [1.807, 2.05) is 30.3 Å². The third-order valence-corrected chi connectivity index (χ3v) is 4.20. The molecule has 3 nitrogen and oxygen atoms in total. The van der Waals surface area contributed by atoms with Gasteiger partial charge < -0.3 is 10.6 Å². The Morgan fingerprint density at radius 3 is 2.43 bits per heavy atom. The monoisotopic (exact) mass is 300 g/mol. The predicted octanol–water partition coefficient (Wildman–Crippen LogP) is 4.54. The first kappa shape index (κ1) is 14.0. The average Bonchev–Trinajstić information content (AvgIpc) is 2.44. The Morgan fingerprint density at radius 2 is 1.81 bits per heavy atom. The van der Waals surface area contributed by atoms with Gasteiger partial charge in [-0.25, -0.2) is 4.79 Å². The van der Waals surface area contributed by atoms with Crippen LogP contribution in [0.15, 0.2) is 54.6 Å². The van der Waals surface area contributed by atoms with Crippen molar-refractivity contribution in [3.05, 3.63) is 65.2 Å². The lowest BCUT2D eigenvalue weighted by atomic mass is 9.72. The van der Waals surface area contributed by atoms with Gasteiger partial charge in [0.05, 0.1) is 5.54 Å². The maximum atomic E-state index is 12.2. The molecule has 4 heteroatoms. The van der Waals surface area contributed by atoms with Crippen LogP contribution in [0.5, 0.6) is 0 Å². The largest absolute Gasteiger partial charge is 0.328 e. The minimum absolute atomic E-state index is 0.194. The van der Waals surface area contributed by atoms with Crippen LogP contribution in [0.3, 0.4) is 0 Å². The molecule has 0 radical (unpaired) electrons. The fraction of sp³-hybridized carbons (Fsp3) is 0.235. The molecule has 0 aliphatic heterocycles. The van der Waals surface area contributed by atoms with E-state index in [2.05, 4.69) is 22.8 Å². The molecule has 3 rings (SSSR count). The second-order valence-corrected chi connectivity index (χ2v) is 5.83. The van der Waals surface area contributed by atoms with Crippen molar-refractivity contribution >= 4 is 23.3 Å². The molecule has 1 aliphatic rings. The summed E-state index contributed by atoms with van der Waals surface area (Å²) in [6.45, 7) is 0. The molecule has 1 fully saturated rings. The van der Waals surface area contributed by atoms with Crippen molar-refractivity contribution in [1.29, 1.82) is 0 Å². The van der Waals surface area contributed by atoms with Crippen LogP contribution in [-0.2, 0) is 5.54 Å². The van der Waals surface area contributed by atoms with Gasteiger partial charge in [-0.05, 0) is 43.0 Å². The molecule has 2 amide bonds. The zero-order valence-electron chi connectivity index (χ0n) is 11.6. The molecule has 0 heterocycles. The predicted molar refractivity (Wildman–Crippen MR) is 85.6 cm³/mol. The van der Waals surface area contributed by atoms with Crippen LogP contribution in [0.4, 0.5) is 10.5 Å². The second-order valence-electron chi connectivity index (χ2n) is 5.39. The topological polar surface area (TPSA) is 41.1 Å².